The number of rotatable bonds is 6. The Morgan fingerprint density at radius 1 is 1.03 bits per heavy atom. The molecular formula is C23H25F3N4O3S. The quantitative estimate of drug-likeness (QED) is 0.527. The van der Waals surface area contributed by atoms with E-state index in [2.05, 4.69) is 4.98 Å². The highest BCUT2D eigenvalue weighted by molar-refractivity contribution is 7.89. The van der Waals surface area contributed by atoms with Crippen molar-refractivity contribution in [3.63, 3.8) is 0 Å². The largest absolute Gasteiger partial charge is 0.416 e. The third-order valence-electron chi connectivity index (χ3n) is 5.80. The Balaban J connectivity index is 1.41. The summed E-state index contributed by atoms with van der Waals surface area (Å²) in [5.41, 5.74) is 1.22. The molecule has 0 aliphatic carbocycles. The number of halogens is 3. The van der Waals surface area contributed by atoms with Crippen LogP contribution in [0.4, 0.5) is 13.2 Å². The molecule has 1 aromatic heterocycles. The van der Waals surface area contributed by atoms with Crippen LogP contribution in [-0.4, -0.2) is 66.1 Å². The maximum atomic E-state index is 13.0. The number of nitrogens with zero attached hydrogens (tertiary/aromatic N) is 4. The van der Waals surface area contributed by atoms with Gasteiger partial charge in [0.15, 0.2) is 9.84 Å². The van der Waals surface area contributed by atoms with E-state index in [-0.39, 0.29) is 18.2 Å². The molecule has 182 valence electrons. The van der Waals surface area contributed by atoms with Crippen molar-refractivity contribution in [1.29, 1.82) is 0 Å². The molecule has 0 spiro atoms. The SMILES string of the molecule is CS(=O)(=O)Cc1nc2ccccc2n1CC(=O)N1CCN(Cc2cccc(C(F)(F)F)c2)CC1. The van der Waals surface area contributed by atoms with Gasteiger partial charge < -0.3 is 9.47 Å². The summed E-state index contributed by atoms with van der Waals surface area (Å²) in [5.74, 6) is -0.100. The fraction of sp³-hybridized carbons (Fsp3) is 0.391. The number of piperazine rings is 1. The molecule has 2 heterocycles. The van der Waals surface area contributed by atoms with E-state index in [1.54, 1.807) is 33.7 Å². The lowest BCUT2D eigenvalue weighted by molar-refractivity contribution is -0.137. The van der Waals surface area contributed by atoms with Crippen LogP contribution >= 0.6 is 0 Å². The van der Waals surface area contributed by atoms with E-state index < -0.39 is 21.6 Å². The van der Waals surface area contributed by atoms with Crippen molar-refractivity contribution in [3.8, 4) is 0 Å². The second-order valence-electron chi connectivity index (χ2n) is 8.53. The molecule has 1 fully saturated rings. The van der Waals surface area contributed by atoms with Gasteiger partial charge >= 0.3 is 6.18 Å². The molecule has 3 aromatic rings. The van der Waals surface area contributed by atoms with E-state index in [1.807, 2.05) is 11.0 Å². The van der Waals surface area contributed by atoms with Gasteiger partial charge in [0.1, 0.15) is 18.1 Å². The number of carbonyl (C=O) groups excluding carboxylic acids is 1. The fourth-order valence-corrected chi connectivity index (χ4v) is 4.83. The Bertz CT molecular complexity index is 1300. The Kier molecular flexibility index (Phi) is 6.68. The molecule has 34 heavy (non-hydrogen) atoms. The minimum absolute atomic E-state index is 0.0288. The molecule has 1 saturated heterocycles. The molecule has 11 heteroatoms. The Morgan fingerprint density at radius 2 is 1.74 bits per heavy atom. The van der Waals surface area contributed by atoms with Gasteiger partial charge in [0.2, 0.25) is 5.91 Å². The number of fused-ring (bicyclic) bond motifs is 1. The second-order valence-corrected chi connectivity index (χ2v) is 10.7. The maximum absolute atomic E-state index is 13.0. The van der Waals surface area contributed by atoms with Gasteiger partial charge in [-0.3, -0.25) is 9.69 Å². The van der Waals surface area contributed by atoms with Crippen LogP contribution in [0.25, 0.3) is 11.0 Å². The third-order valence-corrected chi connectivity index (χ3v) is 6.59. The van der Waals surface area contributed by atoms with Crippen LogP contribution in [0.1, 0.15) is 17.0 Å². The molecule has 1 aliphatic heterocycles. The van der Waals surface area contributed by atoms with E-state index in [0.29, 0.717) is 55.1 Å². The van der Waals surface area contributed by atoms with Crippen LogP contribution in [0.5, 0.6) is 0 Å². The van der Waals surface area contributed by atoms with Gasteiger partial charge in [-0.05, 0) is 23.8 Å². The van der Waals surface area contributed by atoms with E-state index in [9.17, 15) is 26.4 Å². The van der Waals surface area contributed by atoms with Gasteiger partial charge in [0, 0.05) is 39.0 Å². The van der Waals surface area contributed by atoms with Gasteiger partial charge in [-0.1, -0.05) is 30.3 Å². The van der Waals surface area contributed by atoms with Gasteiger partial charge in [-0.25, -0.2) is 13.4 Å². The number of amides is 1. The van der Waals surface area contributed by atoms with Crippen molar-refractivity contribution in [3.05, 3.63) is 65.5 Å². The lowest BCUT2D eigenvalue weighted by Crippen LogP contribution is -2.49. The van der Waals surface area contributed by atoms with E-state index >= 15 is 0 Å². The Hall–Kier alpha value is -2.92. The number of alkyl halides is 3. The molecule has 0 bridgehead atoms. The number of benzene rings is 2. The van der Waals surface area contributed by atoms with Crippen LogP contribution < -0.4 is 0 Å². The van der Waals surface area contributed by atoms with E-state index in [0.717, 1.165) is 18.4 Å². The number of sulfone groups is 1. The highest BCUT2D eigenvalue weighted by Crippen LogP contribution is 2.29. The third kappa shape index (κ3) is 5.76. The fourth-order valence-electron chi connectivity index (χ4n) is 4.14. The van der Waals surface area contributed by atoms with Crippen molar-refractivity contribution in [1.82, 2.24) is 19.4 Å². The molecular weight excluding hydrogens is 469 g/mol. The summed E-state index contributed by atoms with van der Waals surface area (Å²) >= 11 is 0. The van der Waals surface area contributed by atoms with E-state index in [4.69, 9.17) is 0 Å². The summed E-state index contributed by atoms with van der Waals surface area (Å²) < 4.78 is 64.3. The maximum Gasteiger partial charge on any atom is 0.416 e. The topological polar surface area (TPSA) is 75.5 Å². The van der Waals surface area contributed by atoms with Crippen LogP contribution in [0, 0.1) is 0 Å². The van der Waals surface area contributed by atoms with Crippen molar-refractivity contribution in [2.24, 2.45) is 0 Å². The molecule has 0 unspecified atom stereocenters. The summed E-state index contributed by atoms with van der Waals surface area (Å²) in [6, 6.07) is 12.5. The van der Waals surface area contributed by atoms with Crippen LogP contribution in [0.3, 0.4) is 0 Å². The number of hydrogen-bond donors (Lipinski definition) is 0. The predicted octanol–water partition coefficient (Wildman–Crippen LogP) is 2.94. The summed E-state index contributed by atoms with van der Waals surface area (Å²) in [7, 11) is -3.34. The molecule has 2 aromatic carbocycles. The van der Waals surface area contributed by atoms with Crippen molar-refractivity contribution in [2.75, 3.05) is 32.4 Å². The lowest BCUT2D eigenvalue weighted by Gasteiger charge is -2.35. The second kappa shape index (κ2) is 9.38. The van der Waals surface area contributed by atoms with Crippen LogP contribution in [-0.2, 0) is 39.7 Å². The molecule has 4 rings (SSSR count). The van der Waals surface area contributed by atoms with Crippen molar-refractivity contribution >= 4 is 26.8 Å². The van der Waals surface area contributed by atoms with Gasteiger partial charge in [-0.2, -0.15) is 13.2 Å². The first-order valence-electron chi connectivity index (χ1n) is 10.8. The highest BCUT2D eigenvalue weighted by Gasteiger charge is 2.30. The van der Waals surface area contributed by atoms with Gasteiger partial charge in [0.25, 0.3) is 0 Å². The molecule has 1 amide bonds. The van der Waals surface area contributed by atoms with Crippen LogP contribution in [0.15, 0.2) is 48.5 Å². The minimum atomic E-state index is -4.38. The molecule has 0 saturated carbocycles. The summed E-state index contributed by atoms with van der Waals surface area (Å²) in [6.07, 6.45) is -3.25. The monoisotopic (exact) mass is 494 g/mol. The van der Waals surface area contributed by atoms with Crippen molar-refractivity contribution < 1.29 is 26.4 Å². The highest BCUT2D eigenvalue weighted by atomic mass is 32.2. The average Bonchev–Trinajstić information content (AvgIpc) is 3.09. The molecule has 0 atom stereocenters. The first-order valence-corrected chi connectivity index (χ1v) is 12.8. The lowest BCUT2D eigenvalue weighted by atomic mass is 10.1. The smallest absolute Gasteiger partial charge is 0.339 e. The molecule has 0 radical (unpaired) electrons. The zero-order valence-electron chi connectivity index (χ0n) is 18.6. The minimum Gasteiger partial charge on any atom is -0.339 e. The number of imidazole rings is 1. The first kappa shape index (κ1) is 24.2. The Labute approximate surface area is 195 Å². The van der Waals surface area contributed by atoms with E-state index in [1.165, 1.54) is 6.07 Å². The van der Waals surface area contributed by atoms with Crippen LogP contribution in [0.2, 0.25) is 0 Å². The number of para-hydroxylation sites is 2. The standard InChI is InChI=1S/C23H25F3N4O3S/c1-34(32,33)16-21-27-19-7-2-3-8-20(19)30(21)15-22(31)29-11-9-28(10-12-29)14-17-5-4-6-18(13-17)23(24,25)26/h2-8,13H,9-12,14-16H2,1H3. The molecule has 0 N–H and O–H groups in total. The van der Waals surface area contributed by atoms with Crippen molar-refractivity contribution in [2.45, 2.75) is 25.0 Å². The normalized spacial score (nSPS) is 15.7. The predicted molar refractivity (Wildman–Crippen MR) is 122 cm³/mol. The summed E-state index contributed by atoms with van der Waals surface area (Å²) in [4.78, 5) is 21.1. The zero-order chi connectivity index (χ0) is 24.5. The number of hydrogen-bond acceptors (Lipinski definition) is 5. The van der Waals surface area contributed by atoms with Gasteiger partial charge in [0.05, 0.1) is 16.6 Å². The molecule has 7 nitrogen and oxygen atoms in total. The summed E-state index contributed by atoms with van der Waals surface area (Å²) in [5, 5.41) is 0. The first-order chi connectivity index (χ1) is 16.0. The Morgan fingerprint density at radius 3 is 2.41 bits per heavy atom. The molecule has 1 aliphatic rings. The number of aromatic nitrogens is 2. The number of carbonyl (C=O) groups is 1. The summed E-state index contributed by atoms with van der Waals surface area (Å²) in [6.45, 7) is 2.28. The average molecular weight is 495 g/mol. The zero-order valence-corrected chi connectivity index (χ0v) is 19.4. The van der Waals surface area contributed by atoms with Gasteiger partial charge in [-0.15, -0.1) is 0 Å².